The molecule has 158 valence electrons. The third-order valence-electron chi connectivity index (χ3n) is 5.04. The predicted molar refractivity (Wildman–Crippen MR) is 101 cm³/mol. The molecule has 2 N–H and O–H groups in total. The van der Waals surface area contributed by atoms with Gasteiger partial charge in [-0.3, -0.25) is 4.79 Å². The van der Waals surface area contributed by atoms with E-state index in [9.17, 15) is 22.8 Å². The zero-order valence-electron chi connectivity index (χ0n) is 16.8. The summed E-state index contributed by atoms with van der Waals surface area (Å²) in [5.74, 6) is -1.83. The zero-order chi connectivity index (χ0) is 22.2. The summed E-state index contributed by atoms with van der Waals surface area (Å²) in [5.41, 5.74) is -3.02. The summed E-state index contributed by atoms with van der Waals surface area (Å²) in [6, 6.07) is 2.74. The number of hydrogen-bond donors (Lipinski definition) is 2. The van der Waals surface area contributed by atoms with Gasteiger partial charge in [0, 0.05) is 13.5 Å². The molecule has 1 fully saturated rings. The number of amides is 1. The van der Waals surface area contributed by atoms with Crippen LogP contribution in [-0.2, 0) is 20.3 Å². The summed E-state index contributed by atoms with van der Waals surface area (Å²) in [6.45, 7) is 8.38. The molecule has 0 spiro atoms. The summed E-state index contributed by atoms with van der Waals surface area (Å²) in [7, 11) is -0.980. The summed E-state index contributed by atoms with van der Waals surface area (Å²) in [5, 5.41) is 11.6. The number of aromatic carboxylic acids is 1. The Morgan fingerprint density at radius 2 is 1.72 bits per heavy atom. The zero-order valence-corrected chi connectivity index (χ0v) is 16.8. The molecule has 0 atom stereocenters. The summed E-state index contributed by atoms with van der Waals surface area (Å²) >= 11 is 0. The van der Waals surface area contributed by atoms with Crippen LogP contribution < -0.4 is 5.32 Å². The van der Waals surface area contributed by atoms with E-state index in [0.717, 1.165) is 12.1 Å². The van der Waals surface area contributed by atoms with Crippen LogP contribution in [-0.4, -0.2) is 41.8 Å². The number of benzene rings is 1. The Morgan fingerprint density at radius 1 is 1.17 bits per heavy atom. The van der Waals surface area contributed by atoms with Crippen LogP contribution in [0.3, 0.4) is 0 Å². The van der Waals surface area contributed by atoms with E-state index in [1.807, 2.05) is 0 Å². The van der Waals surface area contributed by atoms with E-state index in [2.05, 4.69) is 5.32 Å². The molecule has 1 saturated heterocycles. The first-order valence-electron chi connectivity index (χ1n) is 8.89. The third-order valence-corrected chi connectivity index (χ3v) is 5.04. The largest absolute Gasteiger partial charge is 0.492 e. The van der Waals surface area contributed by atoms with Gasteiger partial charge in [-0.15, -0.1) is 0 Å². The van der Waals surface area contributed by atoms with Gasteiger partial charge in [-0.1, -0.05) is 12.1 Å². The van der Waals surface area contributed by atoms with Crippen molar-refractivity contribution in [2.24, 2.45) is 0 Å². The Bertz CT molecular complexity index is 833. The molecule has 1 aromatic rings. The van der Waals surface area contributed by atoms with Crippen molar-refractivity contribution < 1.29 is 37.2 Å². The van der Waals surface area contributed by atoms with E-state index in [4.69, 9.17) is 14.4 Å². The SMILES string of the molecule is CC(=O)NCC(=Cc1ccc(C(=O)O)cc1C(F)(F)F)B1OC(C)(C)C(C)(C)O1. The number of alkyl halides is 3. The van der Waals surface area contributed by atoms with Crippen molar-refractivity contribution in [2.45, 2.75) is 52.0 Å². The highest BCUT2D eigenvalue weighted by atomic mass is 19.4. The molecule has 1 heterocycles. The van der Waals surface area contributed by atoms with E-state index in [1.165, 1.54) is 13.0 Å². The highest BCUT2D eigenvalue weighted by Crippen LogP contribution is 2.39. The second kappa shape index (κ2) is 7.83. The number of carboxylic acid groups (broad SMARTS) is 1. The molecule has 0 saturated carbocycles. The van der Waals surface area contributed by atoms with Crippen LogP contribution in [0.4, 0.5) is 13.2 Å². The van der Waals surface area contributed by atoms with Crippen LogP contribution in [0.15, 0.2) is 23.7 Å². The monoisotopic (exact) mass is 413 g/mol. The normalized spacial score (nSPS) is 18.6. The molecule has 10 heteroatoms. The number of nitrogens with one attached hydrogen (secondary N) is 1. The first-order chi connectivity index (χ1) is 13.1. The lowest BCUT2D eigenvalue weighted by Crippen LogP contribution is -2.41. The molecular formula is C19H23BF3NO5. The van der Waals surface area contributed by atoms with E-state index < -0.39 is 41.6 Å². The first kappa shape index (κ1) is 23.0. The Labute approximate surface area is 167 Å². The molecule has 1 aliphatic heterocycles. The fourth-order valence-corrected chi connectivity index (χ4v) is 2.68. The molecular weight excluding hydrogens is 390 g/mol. The van der Waals surface area contributed by atoms with Crippen molar-refractivity contribution in [3.05, 3.63) is 40.4 Å². The van der Waals surface area contributed by atoms with Crippen LogP contribution in [0.25, 0.3) is 6.08 Å². The molecule has 0 unspecified atom stereocenters. The van der Waals surface area contributed by atoms with E-state index in [1.54, 1.807) is 27.7 Å². The van der Waals surface area contributed by atoms with Gasteiger partial charge in [-0.25, -0.2) is 4.79 Å². The Kier molecular flexibility index (Phi) is 6.20. The van der Waals surface area contributed by atoms with E-state index in [0.29, 0.717) is 6.07 Å². The molecule has 6 nitrogen and oxygen atoms in total. The summed E-state index contributed by atoms with van der Waals surface area (Å²) in [6.07, 6.45) is -3.56. The Morgan fingerprint density at radius 3 is 2.17 bits per heavy atom. The first-order valence-corrected chi connectivity index (χ1v) is 8.89. The lowest BCUT2D eigenvalue weighted by atomic mass is 9.76. The predicted octanol–water partition coefficient (Wildman–Crippen LogP) is 3.55. The van der Waals surface area contributed by atoms with Gasteiger partial charge < -0.3 is 19.7 Å². The number of carbonyl (C=O) groups excluding carboxylic acids is 1. The maximum atomic E-state index is 13.5. The maximum Gasteiger partial charge on any atom is 0.492 e. The second-order valence-electron chi connectivity index (χ2n) is 7.82. The van der Waals surface area contributed by atoms with Crippen molar-refractivity contribution in [3.8, 4) is 0 Å². The average Bonchev–Trinajstić information content (AvgIpc) is 2.78. The minimum Gasteiger partial charge on any atom is -0.478 e. The third kappa shape index (κ3) is 5.19. The molecule has 2 rings (SSSR count). The van der Waals surface area contributed by atoms with Gasteiger partial charge in [0.05, 0.1) is 22.3 Å². The van der Waals surface area contributed by atoms with Gasteiger partial charge in [-0.05, 0) is 50.9 Å². The van der Waals surface area contributed by atoms with Gasteiger partial charge in [-0.2, -0.15) is 13.2 Å². The van der Waals surface area contributed by atoms with Gasteiger partial charge in [0.1, 0.15) is 0 Å². The smallest absolute Gasteiger partial charge is 0.478 e. The molecule has 1 aromatic carbocycles. The van der Waals surface area contributed by atoms with Gasteiger partial charge in [0.2, 0.25) is 5.91 Å². The lowest BCUT2D eigenvalue weighted by Gasteiger charge is -2.32. The molecule has 0 aliphatic carbocycles. The van der Waals surface area contributed by atoms with Crippen molar-refractivity contribution >= 4 is 25.1 Å². The number of hydrogen-bond acceptors (Lipinski definition) is 4. The minimum absolute atomic E-state index is 0.0931. The van der Waals surface area contributed by atoms with Crippen LogP contribution in [0, 0.1) is 0 Å². The standard InChI is InChI=1S/C19H23BF3NO5/c1-11(25)24-10-14(20-28-17(2,3)18(4,5)29-20)8-12-6-7-13(16(26)27)9-15(12)19(21,22)23/h6-9H,10H2,1-5H3,(H,24,25)(H,26,27). The average molecular weight is 413 g/mol. The maximum absolute atomic E-state index is 13.5. The van der Waals surface area contributed by atoms with Crippen molar-refractivity contribution in [1.82, 2.24) is 5.32 Å². The van der Waals surface area contributed by atoms with Crippen LogP contribution in [0.1, 0.15) is 56.1 Å². The highest BCUT2D eigenvalue weighted by molar-refractivity contribution is 6.56. The number of halogens is 3. The van der Waals surface area contributed by atoms with E-state index >= 15 is 0 Å². The van der Waals surface area contributed by atoms with Gasteiger partial charge in [0.25, 0.3) is 0 Å². The second-order valence-corrected chi connectivity index (χ2v) is 7.82. The molecule has 1 aliphatic rings. The molecule has 0 bridgehead atoms. The summed E-state index contributed by atoms with van der Waals surface area (Å²) < 4.78 is 52.4. The highest BCUT2D eigenvalue weighted by Gasteiger charge is 2.52. The molecule has 29 heavy (non-hydrogen) atoms. The number of rotatable bonds is 5. The number of carbonyl (C=O) groups is 2. The minimum atomic E-state index is -4.77. The van der Waals surface area contributed by atoms with Crippen molar-refractivity contribution in [3.63, 3.8) is 0 Å². The van der Waals surface area contributed by atoms with Gasteiger partial charge >= 0.3 is 19.3 Å². The van der Waals surface area contributed by atoms with Crippen LogP contribution >= 0.6 is 0 Å². The molecule has 0 aromatic heterocycles. The van der Waals surface area contributed by atoms with Crippen LogP contribution in [0.5, 0.6) is 0 Å². The van der Waals surface area contributed by atoms with Crippen molar-refractivity contribution in [2.75, 3.05) is 6.54 Å². The van der Waals surface area contributed by atoms with Gasteiger partial charge in [0.15, 0.2) is 0 Å². The number of carboxylic acids is 1. The Hall–Kier alpha value is -2.33. The Balaban J connectivity index is 2.54. The van der Waals surface area contributed by atoms with Crippen LogP contribution in [0.2, 0.25) is 0 Å². The topological polar surface area (TPSA) is 84.9 Å². The fraction of sp³-hybridized carbons (Fsp3) is 0.474. The van der Waals surface area contributed by atoms with E-state index in [-0.39, 0.29) is 23.5 Å². The lowest BCUT2D eigenvalue weighted by molar-refractivity contribution is -0.137. The fourth-order valence-electron chi connectivity index (χ4n) is 2.68. The van der Waals surface area contributed by atoms with Crippen molar-refractivity contribution in [1.29, 1.82) is 0 Å². The summed E-state index contributed by atoms with van der Waals surface area (Å²) in [4.78, 5) is 22.4. The molecule has 0 radical (unpaired) electrons. The molecule has 1 amide bonds. The quantitative estimate of drug-likeness (QED) is 0.722.